The van der Waals surface area contributed by atoms with Crippen LogP contribution in [0.3, 0.4) is 0 Å². The highest BCUT2D eigenvalue weighted by molar-refractivity contribution is 9.10. The van der Waals surface area contributed by atoms with Gasteiger partial charge in [0.1, 0.15) is 0 Å². The van der Waals surface area contributed by atoms with E-state index in [1.807, 2.05) is 19.1 Å². The molecule has 0 aliphatic rings. The number of aromatic nitrogens is 1. The van der Waals surface area contributed by atoms with Crippen LogP contribution in [0.2, 0.25) is 0 Å². The van der Waals surface area contributed by atoms with Crippen LogP contribution in [0.1, 0.15) is 12.6 Å². The number of pyridine rings is 1. The Morgan fingerprint density at radius 2 is 2.38 bits per heavy atom. The van der Waals surface area contributed by atoms with Crippen molar-refractivity contribution in [3.8, 4) is 11.8 Å². The number of nitrogens with zero attached hydrogens (tertiary/aromatic N) is 1. The van der Waals surface area contributed by atoms with Gasteiger partial charge in [-0.05, 0) is 35.0 Å². The average molecular weight is 239 g/mol. The maximum Gasteiger partial charge on any atom is 0.0579 e. The second-order valence-corrected chi connectivity index (χ2v) is 3.41. The van der Waals surface area contributed by atoms with Gasteiger partial charge in [0.15, 0.2) is 0 Å². The van der Waals surface area contributed by atoms with Gasteiger partial charge in [0.2, 0.25) is 0 Å². The molecule has 3 heteroatoms. The molecule has 0 saturated carbocycles. The van der Waals surface area contributed by atoms with Crippen molar-refractivity contribution < 1.29 is 0 Å². The van der Waals surface area contributed by atoms with E-state index in [0.717, 1.165) is 16.7 Å². The lowest BCUT2D eigenvalue weighted by Crippen LogP contribution is -2.13. The van der Waals surface area contributed by atoms with E-state index in [1.54, 1.807) is 6.20 Å². The van der Waals surface area contributed by atoms with Gasteiger partial charge >= 0.3 is 0 Å². The van der Waals surface area contributed by atoms with Crippen molar-refractivity contribution in [2.24, 2.45) is 0 Å². The van der Waals surface area contributed by atoms with Gasteiger partial charge in [-0.15, -0.1) is 5.92 Å². The summed E-state index contributed by atoms with van der Waals surface area (Å²) in [6, 6.07) is 3.96. The van der Waals surface area contributed by atoms with Crippen LogP contribution in [0, 0.1) is 11.8 Å². The fourth-order valence-electron chi connectivity index (χ4n) is 0.852. The third kappa shape index (κ3) is 4.07. The molecule has 1 heterocycles. The van der Waals surface area contributed by atoms with Crippen LogP contribution in [-0.4, -0.2) is 11.5 Å². The molecule has 0 amide bonds. The van der Waals surface area contributed by atoms with Crippen molar-refractivity contribution in [1.82, 2.24) is 10.3 Å². The van der Waals surface area contributed by atoms with Crippen LogP contribution in [0.15, 0.2) is 22.8 Å². The maximum atomic E-state index is 4.22. The molecule has 0 bridgehead atoms. The lowest BCUT2D eigenvalue weighted by Gasteiger charge is -1.99. The van der Waals surface area contributed by atoms with Gasteiger partial charge < -0.3 is 5.32 Å². The quantitative estimate of drug-likeness (QED) is 0.644. The van der Waals surface area contributed by atoms with Gasteiger partial charge in [0.05, 0.1) is 12.2 Å². The normalized spacial score (nSPS) is 9.08. The minimum Gasteiger partial charge on any atom is -0.301 e. The molecule has 0 spiro atoms. The smallest absolute Gasteiger partial charge is 0.0579 e. The molecular weight excluding hydrogens is 228 g/mol. The first-order valence-corrected chi connectivity index (χ1v) is 4.83. The lowest BCUT2D eigenvalue weighted by molar-refractivity contribution is 0.749. The molecule has 0 unspecified atom stereocenters. The van der Waals surface area contributed by atoms with Gasteiger partial charge in [-0.3, -0.25) is 4.98 Å². The Kier molecular flexibility index (Phi) is 4.52. The van der Waals surface area contributed by atoms with E-state index < -0.39 is 0 Å². The number of rotatable bonds is 3. The average Bonchev–Trinajstić information content (AvgIpc) is 2.15. The van der Waals surface area contributed by atoms with Gasteiger partial charge in [0.25, 0.3) is 0 Å². The number of hydrogen-bond donors (Lipinski definition) is 1. The van der Waals surface area contributed by atoms with E-state index in [-0.39, 0.29) is 0 Å². The van der Waals surface area contributed by atoms with E-state index in [9.17, 15) is 0 Å². The van der Waals surface area contributed by atoms with E-state index >= 15 is 0 Å². The molecule has 0 fully saturated rings. The number of halogens is 1. The molecule has 2 nitrogen and oxygen atoms in total. The Labute approximate surface area is 86.9 Å². The SMILES string of the molecule is CC#CCNCc1ccc(Br)cn1. The summed E-state index contributed by atoms with van der Waals surface area (Å²) in [6.45, 7) is 3.32. The molecule has 1 rings (SSSR count). The topological polar surface area (TPSA) is 24.9 Å². The number of nitrogens with one attached hydrogen (secondary N) is 1. The molecule has 0 aromatic carbocycles. The van der Waals surface area contributed by atoms with Gasteiger partial charge in [0, 0.05) is 17.2 Å². The van der Waals surface area contributed by atoms with Crippen molar-refractivity contribution in [3.05, 3.63) is 28.5 Å². The predicted molar refractivity (Wildman–Crippen MR) is 57.1 cm³/mol. The molecule has 0 radical (unpaired) electrons. The highest BCUT2D eigenvalue weighted by Gasteiger charge is 1.92. The molecular formula is C10H11BrN2. The third-order valence-electron chi connectivity index (χ3n) is 1.48. The fraction of sp³-hybridized carbons (Fsp3) is 0.300. The first-order chi connectivity index (χ1) is 6.33. The summed E-state index contributed by atoms with van der Waals surface area (Å²) in [4.78, 5) is 4.22. The Hall–Kier alpha value is -0.850. The Bertz CT molecular complexity index is 308. The summed E-state index contributed by atoms with van der Waals surface area (Å²) in [5.74, 6) is 5.75. The van der Waals surface area contributed by atoms with Crippen LogP contribution >= 0.6 is 15.9 Å². The molecule has 13 heavy (non-hydrogen) atoms. The minimum absolute atomic E-state index is 0.717. The lowest BCUT2D eigenvalue weighted by atomic mass is 10.3. The summed E-state index contributed by atoms with van der Waals surface area (Å²) >= 11 is 3.33. The summed E-state index contributed by atoms with van der Waals surface area (Å²) in [5.41, 5.74) is 1.03. The van der Waals surface area contributed by atoms with Crippen molar-refractivity contribution in [1.29, 1.82) is 0 Å². The third-order valence-corrected chi connectivity index (χ3v) is 1.95. The zero-order valence-electron chi connectivity index (χ0n) is 7.47. The zero-order chi connectivity index (χ0) is 9.52. The van der Waals surface area contributed by atoms with Gasteiger partial charge in [-0.2, -0.15) is 0 Å². The Morgan fingerprint density at radius 1 is 1.54 bits per heavy atom. The van der Waals surface area contributed by atoms with Crippen LogP contribution in [0.25, 0.3) is 0 Å². The largest absolute Gasteiger partial charge is 0.301 e. The molecule has 0 aliphatic heterocycles. The molecule has 68 valence electrons. The first kappa shape index (κ1) is 10.2. The number of hydrogen-bond acceptors (Lipinski definition) is 2. The summed E-state index contributed by atoms with van der Waals surface area (Å²) in [6.07, 6.45) is 1.79. The molecule has 1 N–H and O–H groups in total. The molecule has 1 aromatic heterocycles. The minimum atomic E-state index is 0.717. The second-order valence-electron chi connectivity index (χ2n) is 2.50. The van der Waals surface area contributed by atoms with E-state index in [2.05, 4.69) is 38.1 Å². The van der Waals surface area contributed by atoms with Crippen molar-refractivity contribution in [3.63, 3.8) is 0 Å². The standard InChI is InChI=1S/C10H11BrN2/c1-2-3-6-12-8-10-5-4-9(11)7-13-10/h4-5,7,12H,6,8H2,1H3. The van der Waals surface area contributed by atoms with Crippen LogP contribution in [-0.2, 0) is 6.54 Å². The van der Waals surface area contributed by atoms with Crippen molar-refractivity contribution >= 4 is 15.9 Å². The van der Waals surface area contributed by atoms with E-state index in [1.165, 1.54) is 0 Å². The van der Waals surface area contributed by atoms with Crippen LogP contribution in [0.5, 0.6) is 0 Å². The van der Waals surface area contributed by atoms with Gasteiger partial charge in [-0.25, -0.2) is 0 Å². The van der Waals surface area contributed by atoms with Crippen LogP contribution < -0.4 is 5.32 Å². The molecule has 0 saturated heterocycles. The first-order valence-electron chi connectivity index (χ1n) is 4.03. The maximum absolute atomic E-state index is 4.22. The summed E-state index contributed by atoms with van der Waals surface area (Å²) < 4.78 is 1.00. The molecule has 0 aliphatic carbocycles. The van der Waals surface area contributed by atoms with Gasteiger partial charge in [-0.1, -0.05) is 5.92 Å². The van der Waals surface area contributed by atoms with E-state index in [4.69, 9.17) is 0 Å². The molecule has 0 atom stereocenters. The summed E-state index contributed by atoms with van der Waals surface area (Å²) in [5, 5.41) is 3.17. The van der Waals surface area contributed by atoms with Crippen molar-refractivity contribution in [2.45, 2.75) is 13.5 Å². The molecule has 1 aromatic rings. The Balaban J connectivity index is 2.36. The zero-order valence-corrected chi connectivity index (χ0v) is 9.06. The van der Waals surface area contributed by atoms with Crippen LogP contribution in [0.4, 0.5) is 0 Å². The highest BCUT2D eigenvalue weighted by Crippen LogP contribution is 2.06. The monoisotopic (exact) mass is 238 g/mol. The highest BCUT2D eigenvalue weighted by atomic mass is 79.9. The Morgan fingerprint density at radius 3 is 3.00 bits per heavy atom. The van der Waals surface area contributed by atoms with Crippen molar-refractivity contribution in [2.75, 3.05) is 6.54 Å². The fourth-order valence-corrected chi connectivity index (χ4v) is 1.09. The second kappa shape index (κ2) is 5.74. The summed E-state index contributed by atoms with van der Waals surface area (Å²) in [7, 11) is 0. The predicted octanol–water partition coefficient (Wildman–Crippen LogP) is 1.96. The van der Waals surface area contributed by atoms with E-state index in [0.29, 0.717) is 6.54 Å².